The highest BCUT2D eigenvalue weighted by Gasteiger charge is 2.16. The number of benzene rings is 2. The number of hydrogen-bond acceptors (Lipinski definition) is 3. The van der Waals surface area contributed by atoms with Crippen LogP contribution < -0.4 is 15.4 Å². The monoisotopic (exact) mass is 256 g/mol. The molecule has 1 atom stereocenters. The molecule has 1 heterocycles. The molecule has 0 spiro atoms. The summed E-state index contributed by atoms with van der Waals surface area (Å²) in [6.07, 6.45) is 2.32. The maximum Gasteiger partial charge on any atom is 0.119 e. The summed E-state index contributed by atoms with van der Waals surface area (Å²) >= 11 is 0. The van der Waals surface area contributed by atoms with Gasteiger partial charge in [-0.05, 0) is 47.9 Å². The molecule has 1 aliphatic rings. The fourth-order valence-electron chi connectivity index (χ4n) is 2.78. The molecular weight excluding hydrogens is 236 g/mol. The number of ether oxygens (including phenoxy) is 1. The molecule has 2 aromatic rings. The van der Waals surface area contributed by atoms with E-state index in [1.54, 1.807) is 7.11 Å². The number of methoxy groups -OCH3 is 1. The van der Waals surface area contributed by atoms with E-state index < -0.39 is 0 Å². The van der Waals surface area contributed by atoms with Crippen LogP contribution in [0, 0.1) is 0 Å². The van der Waals surface area contributed by atoms with Gasteiger partial charge in [-0.15, -0.1) is 0 Å². The maximum absolute atomic E-state index is 6.05. The zero-order chi connectivity index (χ0) is 13.2. The first-order chi connectivity index (χ1) is 9.26. The SMILES string of the molecule is COc1ccc2cc(N3CCCC(N)C3)ccc2c1. The van der Waals surface area contributed by atoms with Gasteiger partial charge in [0.15, 0.2) is 0 Å². The van der Waals surface area contributed by atoms with Crippen LogP contribution in [0.25, 0.3) is 10.8 Å². The summed E-state index contributed by atoms with van der Waals surface area (Å²) in [6, 6.07) is 13.1. The highest BCUT2D eigenvalue weighted by molar-refractivity contribution is 5.87. The Balaban J connectivity index is 1.93. The molecule has 3 heteroatoms. The lowest BCUT2D eigenvalue weighted by atomic mass is 10.0. The van der Waals surface area contributed by atoms with Gasteiger partial charge in [-0.25, -0.2) is 0 Å². The van der Waals surface area contributed by atoms with Gasteiger partial charge < -0.3 is 15.4 Å². The third-order valence-corrected chi connectivity index (χ3v) is 3.85. The van der Waals surface area contributed by atoms with Gasteiger partial charge in [0.05, 0.1) is 7.11 Å². The van der Waals surface area contributed by atoms with Gasteiger partial charge >= 0.3 is 0 Å². The van der Waals surface area contributed by atoms with Crippen molar-refractivity contribution in [3.8, 4) is 5.75 Å². The van der Waals surface area contributed by atoms with E-state index in [9.17, 15) is 0 Å². The number of anilines is 1. The quantitative estimate of drug-likeness (QED) is 0.898. The number of fused-ring (bicyclic) bond motifs is 1. The van der Waals surface area contributed by atoms with Crippen LogP contribution in [-0.2, 0) is 0 Å². The fourth-order valence-corrected chi connectivity index (χ4v) is 2.78. The third kappa shape index (κ3) is 2.51. The summed E-state index contributed by atoms with van der Waals surface area (Å²) in [4.78, 5) is 2.39. The molecule has 19 heavy (non-hydrogen) atoms. The molecule has 3 nitrogen and oxygen atoms in total. The molecule has 1 aliphatic heterocycles. The van der Waals surface area contributed by atoms with E-state index in [0.29, 0.717) is 6.04 Å². The number of nitrogens with two attached hydrogens (primary N) is 1. The number of rotatable bonds is 2. The van der Waals surface area contributed by atoms with Crippen LogP contribution in [0.1, 0.15) is 12.8 Å². The second-order valence-corrected chi connectivity index (χ2v) is 5.25. The summed E-state index contributed by atoms with van der Waals surface area (Å²) in [7, 11) is 1.70. The Kier molecular flexibility index (Phi) is 3.30. The topological polar surface area (TPSA) is 38.5 Å². The lowest BCUT2D eigenvalue weighted by molar-refractivity contribution is 0.415. The summed E-state index contributed by atoms with van der Waals surface area (Å²) in [5.41, 5.74) is 7.33. The van der Waals surface area contributed by atoms with E-state index >= 15 is 0 Å². The second kappa shape index (κ2) is 5.10. The average Bonchev–Trinajstić information content (AvgIpc) is 2.46. The van der Waals surface area contributed by atoms with Crippen molar-refractivity contribution < 1.29 is 4.74 Å². The van der Waals surface area contributed by atoms with Crippen molar-refractivity contribution in [3.63, 3.8) is 0 Å². The van der Waals surface area contributed by atoms with Crippen LogP contribution in [0.2, 0.25) is 0 Å². The van der Waals surface area contributed by atoms with Crippen molar-refractivity contribution in [1.29, 1.82) is 0 Å². The molecule has 1 fully saturated rings. The smallest absolute Gasteiger partial charge is 0.119 e. The Labute approximate surface area is 114 Å². The zero-order valence-corrected chi connectivity index (χ0v) is 11.3. The maximum atomic E-state index is 6.05. The molecule has 2 N–H and O–H groups in total. The molecule has 0 radical (unpaired) electrons. The lowest BCUT2D eigenvalue weighted by Crippen LogP contribution is -2.42. The van der Waals surface area contributed by atoms with Gasteiger partial charge in [0, 0.05) is 24.8 Å². The third-order valence-electron chi connectivity index (χ3n) is 3.85. The van der Waals surface area contributed by atoms with Crippen LogP contribution in [0.4, 0.5) is 5.69 Å². The van der Waals surface area contributed by atoms with Crippen LogP contribution in [0.15, 0.2) is 36.4 Å². The van der Waals surface area contributed by atoms with Gasteiger partial charge in [-0.3, -0.25) is 0 Å². The molecule has 1 unspecified atom stereocenters. The van der Waals surface area contributed by atoms with Crippen LogP contribution in [0.3, 0.4) is 0 Å². The molecule has 0 saturated carbocycles. The predicted octanol–water partition coefficient (Wildman–Crippen LogP) is 2.78. The molecule has 0 amide bonds. The normalized spacial score (nSPS) is 19.7. The molecule has 1 saturated heterocycles. The number of hydrogen-bond donors (Lipinski definition) is 1. The molecule has 3 rings (SSSR count). The van der Waals surface area contributed by atoms with Crippen molar-refractivity contribution in [2.75, 3.05) is 25.1 Å². The Morgan fingerprint density at radius 3 is 2.74 bits per heavy atom. The van der Waals surface area contributed by atoms with E-state index in [1.807, 2.05) is 6.07 Å². The van der Waals surface area contributed by atoms with E-state index in [-0.39, 0.29) is 0 Å². The van der Waals surface area contributed by atoms with Crippen molar-refractivity contribution in [3.05, 3.63) is 36.4 Å². The molecular formula is C16H20N2O. The van der Waals surface area contributed by atoms with Crippen molar-refractivity contribution in [1.82, 2.24) is 0 Å². The highest BCUT2D eigenvalue weighted by atomic mass is 16.5. The van der Waals surface area contributed by atoms with Gasteiger partial charge in [0.1, 0.15) is 5.75 Å². The van der Waals surface area contributed by atoms with Gasteiger partial charge in [-0.2, -0.15) is 0 Å². The standard InChI is InChI=1S/C16H20N2O/c1-19-16-7-5-12-9-15(6-4-13(12)10-16)18-8-2-3-14(17)11-18/h4-7,9-10,14H,2-3,8,11,17H2,1H3. The first kappa shape index (κ1) is 12.3. The van der Waals surface area contributed by atoms with Crippen LogP contribution >= 0.6 is 0 Å². The molecule has 0 aromatic heterocycles. The van der Waals surface area contributed by atoms with E-state index in [0.717, 1.165) is 25.3 Å². The van der Waals surface area contributed by atoms with Crippen molar-refractivity contribution >= 4 is 16.5 Å². The Bertz CT molecular complexity index is 582. The summed E-state index contributed by atoms with van der Waals surface area (Å²) in [6.45, 7) is 2.07. The summed E-state index contributed by atoms with van der Waals surface area (Å²) in [5, 5.41) is 2.46. The van der Waals surface area contributed by atoms with Gasteiger partial charge in [-0.1, -0.05) is 12.1 Å². The largest absolute Gasteiger partial charge is 0.497 e. The van der Waals surface area contributed by atoms with E-state index in [2.05, 4.69) is 35.2 Å². The summed E-state index contributed by atoms with van der Waals surface area (Å²) < 4.78 is 5.26. The molecule has 100 valence electrons. The molecule has 0 aliphatic carbocycles. The van der Waals surface area contributed by atoms with Crippen molar-refractivity contribution in [2.24, 2.45) is 5.73 Å². The Morgan fingerprint density at radius 2 is 1.95 bits per heavy atom. The van der Waals surface area contributed by atoms with Gasteiger partial charge in [0.25, 0.3) is 0 Å². The van der Waals surface area contributed by atoms with E-state index in [1.165, 1.54) is 22.9 Å². The predicted molar refractivity (Wildman–Crippen MR) is 79.9 cm³/mol. The molecule has 0 bridgehead atoms. The first-order valence-electron chi connectivity index (χ1n) is 6.84. The Morgan fingerprint density at radius 1 is 1.16 bits per heavy atom. The second-order valence-electron chi connectivity index (χ2n) is 5.25. The average molecular weight is 256 g/mol. The minimum Gasteiger partial charge on any atom is -0.497 e. The summed E-state index contributed by atoms with van der Waals surface area (Å²) in [5.74, 6) is 0.903. The zero-order valence-electron chi connectivity index (χ0n) is 11.3. The minimum absolute atomic E-state index is 0.306. The van der Waals surface area contributed by atoms with Gasteiger partial charge in [0.2, 0.25) is 0 Å². The van der Waals surface area contributed by atoms with E-state index in [4.69, 9.17) is 10.5 Å². The van der Waals surface area contributed by atoms with Crippen LogP contribution in [-0.4, -0.2) is 26.2 Å². The van der Waals surface area contributed by atoms with Crippen molar-refractivity contribution in [2.45, 2.75) is 18.9 Å². The lowest BCUT2D eigenvalue weighted by Gasteiger charge is -2.32. The minimum atomic E-state index is 0.306. The fraction of sp³-hybridized carbons (Fsp3) is 0.375. The number of nitrogens with zero attached hydrogens (tertiary/aromatic N) is 1. The first-order valence-corrected chi connectivity index (χ1v) is 6.84. The molecule has 2 aromatic carbocycles. The Hall–Kier alpha value is -1.74. The number of piperidine rings is 1. The highest BCUT2D eigenvalue weighted by Crippen LogP contribution is 2.27. The van der Waals surface area contributed by atoms with Crippen LogP contribution in [0.5, 0.6) is 5.75 Å².